The van der Waals surface area contributed by atoms with E-state index in [0.717, 1.165) is 19.5 Å². The van der Waals surface area contributed by atoms with Gasteiger partial charge in [0.1, 0.15) is 0 Å². The third-order valence-electron chi connectivity index (χ3n) is 3.53. The van der Waals surface area contributed by atoms with Gasteiger partial charge in [0.25, 0.3) is 0 Å². The third kappa shape index (κ3) is 1.79. The van der Waals surface area contributed by atoms with Crippen LogP contribution < -0.4 is 5.32 Å². The smallest absolute Gasteiger partial charge is 0.0462 e. The lowest BCUT2D eigenvalue weighted by atomic mass is 9.97. The number of H-pyrrole nitrogens is 1. The fraction of sp³-hybridized carbons (Fsp3) is 0.333. The van der Waals surface area contributed by atoms with Gasteiger partial charge in [0.15, 0.2) is 0 Å². The molecular weight excluding hydrogens is 208 g/mol. The van der Waals surface area contributed by atoms with Crippen molar-refractivity contribution in [2.75, 3.05) is 13.1 Å². The molecule has 2 aromatic rings. The largest absolute Gasteiger partial charge is 0.358 e. The van der Waals surface area contributed by atoms with Crippen LogP contribution in [0.1, 0.15) is 23.2 Å². The summed E-state index contributed by atoms with van der Waals surface area (Å²) in [5.41, 5.74) is 6.77. The van der Waals surface area contributed by atoms with Gasteiger partial charge in [-0.2, -0.15) is 0 Å². The van der Waals surface area contributed by atoms with E-state index in [1.165, 1.54) is 33.3 Å². The van der Waals surface area contributed by atoms with E-state index in [1.54, 1.807) is 0 Å². The van der Waals surface area contributed by atoms with Gasteiger partial charge in [0.2, 0.25) is 0 Å². The molecule has 0 spiro atoms. The highest BCUT2D eigenvalue weighted by Crippen LogP contribution is 2.31. The second-order valence-corrected chi connectivity index (χ2v) is 4.86. The molecule has 1 aliphatic heterocycles. The van der Waals surface area contributed by atoms with Crippen LogP contribution in [0.2, 0.25) is 0 Å². The standard InChI is InChI=1S/C15H18N2/c1-10-3-4-14-13(9-10)15(11(2)17-14)12-5-7-16-8-6-12/h3-5,9,16-17H,6-8H2,1-2H3. The Morgan fingerprint density at radius 1 is 1.18 bits per heavy atom. The predicted octanol–water partition coefficient (Wildman–Crippen LogP) is 3.16. The second-order valence-electron chi connectivity index (χ2n) is 4.86. The van der Waals surface area contributed by atoms with E-state index in [0.29, 0.717) is 0 Å². The quantitative estimate of drug-likeness (QED) is 0.768. The maximum atomic E-state index is 3.49. The molecule has 0 bridgehead atoms. The minimum absolute atomic E-state index is 0.993. The van der Waals surface area contributed by atoms with E-state index in [4.69, 9.17) is 0 Å². The Bertz CT molecular complexity index is 590. The van der Waals surface area contributed by atoms with Gasteiger partial charge in [-0.25, -0.2) is 0 Å². The van der Waals surface area contributed by atoms with Gasteiger partial charge in [-0.05, 0) is 44.5 Å². The molecule has 0 atom stereocenters. The van der Waals surface area contributed by atoms with Crippen LogP contribution >= 0.6 is 0 Å². The Kier molecular flexibility index (Phi) is 2.52. The van der Waals surface area contributed by atoms with Crippen molar-refractivity contribution in [2.24, 2.45) is 0 Å². The Morgan fingerprint density at radius 2 is 2.06 bits per heavy atom. The van der Waals surface area contributed by atoms with Crippen molar-refractivity contribution >= 4 is 16.5 Å². The average molecular weight is 226 g/mol. The lowest BCUT2D eigenvalue weighted by Crippen LogP contribution is -2.20. The van der Waals surface area contributed by atoms with Crippen LogP contribution in [0.15, 0.2) is 24.3 Å². The van der Waals surface area contributed by atoms with Gasteiger partial charge in [-0.1, -0.05) is 17.7 Å². The first-order chi connectivity index (χ1) is 8.25. The van der Waals surface area contributed by atoms with Crippen LogP contribution in [-0.2, 0) is 0 Å². The van der Waals surface area contributed by atoms with Crippen LogP contribution in [0.25, 0.3) is 16.5 Å². The molecular formula is C15H18N2. The molecule has 0 saturated carbocycles. The molecule has 1 aromatic carbocycles. The predicted molar refractivity (Wildman–Crippen MR) is 73.2 cm³/mol. The van der Waals surface area contributed by atoms with Crippen LogP contribution in [-0.4, -0.2) is 18.1 Å². The lowest BCUT2D eigenvalue weighted by molar-refractivity contribution is 0.738. The van der Waals surface area contributed by atoms with Crippen molar-refractivity contribution in [3.63, 3.8) is 0 Å². The summed E-state index contributed by atoms with van der Waals surface area (Å²) in [7, 11) is 0. The first kappa shape index (κ1) is 10.6. The number of aryl methyl sites for hydroxylation is 2. The van der Waals surface area contributed by atoms with Crippen molar-refractivity contribution in [2.45, 2.75) is 20.3 Å². The van der Waals surface area contributed by atoms with Crippen molar-refractivity contribution in [3.05, 3.63) is 41.1 Å². The Labute approximate surface area is 102 Å². The molecule has 3 rings (SSSR count). The van der Waals surface area contributed by atoms with E-state index < -0.39 is 0 Å². The first-order valence-electron chi connectivity index (χ1n) is 6.25. The van der Waals surface area contributed by atoms with Crippen LogP contribution in [0.5, 0.6) is 0 Å². The summed E-state index contributed by atoms with van der Waals surface area (Å²) in [4.78, 5) is 3.49. The summed E-state index contributed by atoms with van der Waals surface area (Å²) in [5, 5.41) is 4.74. The monoisotopic (exact) mass is 226 g/mol. The lowest BCUT2D eigenvalue weighted by Gasteiger charge is -2.14. The average Bonchev–Trinajstić information content (AvgIpc) is 2.65. The van der Waals surface area contributed by atoms with Gasteiger partial charge in [0.05, 0.1) is 0 Å². The number of fused-ring (bicyclic) bond motifs is 1. The van der Waals surface area contributed by atoms with E-state index in [-0.39, 0.29) is 0 Å². The number of benzene rings is 1. The molecule has 0 aliphatic carbocycles. The van der Waals surface area contributed by atoms with Gasteiger partial charge < -0.3 is 10.3 Å². The highest BCUT2D eigenvalue weighted by molar-refractivity contribution is 5.94. The highest BCUT2D eigenvalue weighted by Gasteiger charge is 2.14. The van der Waals surface area contributed by atoms with E-state index in [9.17, 15) is 0 Å². The topological polar surface area (TPSA) is 27.8 Å². The molecule has 88 valence electrons. The van der Waals surface area contributed by atoms with E-state index in [1.807, 2.05) is 0 Å². The summed E-state index contributed by atoms with van der Waals surface area (Å²) < 4.78 is 0. The highest BCUT2D eigenvalue weighted by atomic mass is 14.9. The molecule has 0 saturated heterocycles. The third-order valence-corrected chi connectivity index (χ3v) is 3.53. The maximum Gasteiger partial charge on any atom is 0.0462 e. The number of aromatic nitrogens is 1. The molecule has 2 heteroatoms. The second kappa shape index (κ2) is 4.04. The fourth-order valence-electron chi connectivity index (χ4n) is 2.70. The Balaban J connectivity index is 2.23. The number of hydrogen-bond acceptors (Lipinski definition) is 1. The van der Waals surface area contributed by atoms with Gasteiger partial charge >= 0.3 is 0 Å². The molecule has 1 aliphatic rings. The number of aromatic amines is 1. The minimum Gasteiger partial charge on any atom is -0.358 e. The normalized spacial score (nSPS) is 16.2. The van der Waals surface area contributed by atoms with Crippen molar-refractivity contribution in [3.8, 4) is 0 Å². The van der Waals surface area contributed by atoms with Crippen molar-refractivity contribution in [1.29, 1.82) is 0 Å². The van der Waals surface area contributed by atoms with Gasteiger partial charge in [-0.3, -0.25) is 0 Å². The maximum absolute atomic E-state index is 3.49. The number of hydrogen-bond donors (Lipinski definition) is 2. The van der Waals surface area contributed by atoms with Crippen LogP contribution in [0.4, 0.5) is 0 Å². The summed E-state index contributed by atoms with van der Waals surface area (Å²) >= 11 is 0. The summed E-state index contributed by atoms with van der Waals surface area (Å²) in [6.07, 6.45) is 3.45. The van der Waals surface area contributed by atoms with Gasteiger partial charge in [-0.15, -0.1) is 0 Å². The zero-order valence-corrected chi connectivity index (χ0v) is 10.4. The summed E-state index contributed by atoms with van der Waals surface area (Å²) in [6.45, 7) is 6.41. The fourth-order valence-corrected chi connectivity index (χ4v) is 2.70. The molecule has 2 nitrogen and oxygen atoms in total. The zero-order chi connectivity index (χ0) is 11.8. The minimum atomic E-state index is 0.993. The molecule has 0 amide bonds. The number of rotatable bonds is 1. The Hall–Kier alpha value is -1.54. The van der Waals surface area contributed by atoms with E-state index in [2.05, 4.69) is 48.4 Å². The van der Waals surface area contributed by atoms with Crippen LogP contribution in [0, 0.1) is 13.8 Å². The molecule has 0 unspecified atom stereocenters. The molecule has 0 radical (unpaired) electrons. The molecule has 2 heterocycles. The number of nitrogens with one attached hydrogen (secondary N) is 2. The Morgan fingerprint density at radius 3 is 2.82 bits per heavy atom. The van der Waals surface area contributed by atoms with Crippen molar-refractivity contribution < 1.29 is 0 Å². The molecule has 0 fully saturated rings. The first-order valence-corrected chi connectivity index (χ1v) is 6.25. The van der Waals surface area contributed by atoms with E-state index >= 15 is 0 Å². The zero-order valence-electron chi connectivity index (χ0n) is 10.4. The summed E-state index contributed by atoms with van der Waals surface area (Å²) in [5.74, 6) is 0. The molecule has 17 heavy (non-hydrogen) atoms. The van der Waals surface area contributed by atoms with Crippen molar-refractivity contribution in [1.82, 2.24) is 10.3 Å². The SMILES string of the molecule is Cc1ccc2[nH]c(C)c(C3=CCNCC3)c2c1. The molecule has 1 aromatic heterocycles. The van der Waals surface area contributed by atoms with Gasteiger partial charge in [0, 0.05) is 28.7 Å². The molecule has 2 N–H and O–H groups in total. The summed E-state index contributed by atoms with van der Waals surface area (Å²) in [6, 6.07) is 6.64. The van der Waals surface area contributed by atoms with Crippen LogP contribution in [0.3, 0.4) is 0 Å².